The van der Waals surface area contributed by atoms with E-state index in [-0.39, 0.29) is 11.6 Å². The zero-order chi connectivity index (χ0) is 9.72. The Morgan fingerprint density at radius 2 is 2.08 bits per heavy atom. The highest BCUT2D eigenvalue weighted by molar-refractivity contribution is 5.96. The molecule has 0 saturated carbocycles. The van der Waals surface area contributed by atoms with Gasteiger partial charge in [-0.05, 0) is 20.8 Å². The molecular weight excluding hydrogens is 154 g/mol. The highest BCUT2D eigenvalue weighted by Crippen LogP contribution is 1.99. The normalized spacial score (nSPS) is 11.9. The molecule has 0 rings (SSSR count). The monoisotopic (exact) mass is 167 g/mol. The summed E-state index contributed by atoms with van der Waals surface area (Å²) in [5, 5.41) is 11.5. The predicted molar refractivity (Wildman–Crippen MR) is 45.8 cm³/mol. The van der Waals surface area contributed by atoms with Gasteiger partial charge in [0.15, 0.2) is 0 Å². The van der Waals surface area contributed by atoms with Gasteiger partial charge in [0.25, 0.3) is 5.91 Å². The van der Waals surface area contributed by atoms with E-state index in [9.17, 15) is 4.79 Å². The number of rotatable bonds is 3. The fraction of sp³-hybridized carbons (Fsp3) is 0.500. The van der Waals surface area contributed by atoms with Gasteiger partial charge in [0.05, 0.1) is 0 Å². The molecule has 0 fully saturated rings. The number of hydrogen-bond donors (Lipinski definition) is 2. The molecule has 0 spiro atoms. The largest absolute Gasteiger partial charge is 0.385 e. The molecule has 0 aliphatic heterocycles. The summed E-state index contributed by atoms with van der Waals surface area (Å²) in [7, 11) is 0. The summed E-state index contributed by atoms with van der Waals surface area (Å²) >= 11 is 0. The first-order valence-electron chi connectivity index (χ1n) is 3.66. The number of nitrogens with zero attached hydrogens (tertiary/aromatic N) is 1. The molecule has 3 N–H and O–H groups in total. The smallest absolute Gasteiger partial charge is 0.261 e. The molecule has 0 saturated heterocycles. The molecule has 12 heavy (non-hydrogen) atoms. The van der Waals surface area contributed by atoms with Crippen LogP contribution in [0.3, 0.4) is 0 Å². The van der Waals surface area contributed by atoms with Crippen molar-refractivity contribution in [1.29, 1.82) is 5.26 Å². The van der Waals surface area contributed by atoms with E-state index in [0.717, 1.165) is 0 Å². The molecule has 0 radical (unpaired) electrons. The molecule has 4 nitrogen and oxygen atoms in total. The molecule has 4 heteroatoms. The minimum absolute atomic E-state index is 0.0105. The Labute approximate surface area is 72.0 Å². The van der Waals surface area contributed by atoms with E-state index in [1.807, 2.05) is 13.8 Å². The molecule has 0 aromatic carbocycles. The van der Waals surface area contributed by atoms with Gasteiger partial charge in [-0.3, -0.25) is 4.79 Å². The standard InChI is InChI=1S/C8H13N3O/c1-5(2)11-6(3)7(4-9)8(10)12/h5,11H,1-3H3,(H2,10,12)/b7-6+. The first kappa shape index (κ1) is 10.5. The summed E-state index contributed by atoms with van der Waals surface area (Å²) < 4.78 is 0. The van der Waals surface area contributed by atoms with Crippen molar-refractivity contribution in [2.24, 2.45) is 5.73 Å². The number of carbonyl (C=O) groups is 1. The second-order valence-electron chi connectivity index (χ2n) is 2.78. The third-order valence-corrected chi connectivity index (χ3v) is 1.24. The second kappa shape index (κ2) is 4.39. The van der Waals surface area contributed by atoms with E-state index in [4.69, 9.17) is 11.0 Å². The highest BCUT2D eigenvalue weighted by atomic mass is 16.1. The molecule has 1 amide bonds. The second-order valence-corrected chi connectivity index (χ2v) is 2.78. The Morgan fingerprint density at radius 3 is 2.33 bits per heavy atom. The number of amides is 1. The van der Waals surface area contributed by atoms with Crippen LogP contribution in [0.25, 0.3) is 0 Å². The number of carbonyl (C=O) groups excluding carboxylic acids is 1. The van der Waals surface area contributed by atoms with Gasteiger partial charge in [-0.1, -0.05) is 0 Å². The lowest BCUT2D eigenvalue weighted by Crippen LogP contribution is -2.25. The van der Waals surface area contributed by atoms with E-state index in [0.29, 0.717) is 5.70 Å². The van der Waals surface area contributed by atoms with Crippen molar-refractivity contribution < 1.29 is 4.79 Å². The van der Waals surface area contributed by atoms with E-state index in [2.05, 4.69) is 5.32 Å². The molecule has 0 bridgehead atoms. The predicted octanol–water partition coefficient (Wildman–Crippen LogP) is 0.267. The molecule has 0 aliphatic carbocycles. The Balaban J connectivity index is 4.64. The SMILES string of the molecule is C/C(NC(C)C)=C(/C#N)C(N)=O. The van der Waals surface area contributed by atoms with Gasteiger partial charge in [0.2, 0.25) is 0 Å². The topological polar surface area (TPSA) is 78.9 Å². The fourth-order valence-electron chi connectivity index (χ4n) is 0.829. The Kier molecular flexibility index (Phi) is 3.84. The van der Waals surface area contributed by atoms with Crippen LogP contribution in [0, 0.1) is 11.3 Å². The molecule has 0 atom stereocenters. The first-order valence-corrected chi connectivity index (χ1v) is 3.66. The van der Waals surface area contributed by atoms with Gasteiger partial charge in [-0.15, -0.1) is 0 Å². The van der Waals surface area contributed by atoms with Gasteiger partial charge in [0.1, 0.15) is 11.6 Å². The van der Waals surface area contributed by atoms with Gasteiger partial charge >= 0.3 is 0 Å². The van der Waals surface area contributed by atoms with Crippen molar-refractivity contribution in [2.45, 2.75) is 26.8 Å². The number of allylic oxidation sites excluding steroid dienone is 1. The molecular formula is C8H13N3O. The molecule has 66 valence electrons. The maximum atomic E-state index is 10.7. The van der Waals surface area contributed by atoms with Crippen LogP contribution in [0.1, 0.15) is 20.8 Å². The maximum absolute atomic E-state index is 10.7. The summed E-state index contributed by atoms with van der Waals surface area (Å²) in [4.78, 5) is 10.7. The molecule has 0 unspecified atom stereocenters. The van der Waals surface area contributed by atoms with Crippen LogP contribution < -0.4 is 11.1 Å². The molecule has 0 heterocycles. The van der Waals surface area contributed by atoms with Crippen LogP contribution >= 0.6 is 0 Å². The number of hydrogen-bond acceptors (Lipinski definition) is 3. The van der Waals surface area contributed by atoms with Crippen molar-refractivity contribution in [3.63, 3.8) is 0 Å². The summed E-state index contributed by atoms with van der Waals surface area (Å²) in [6, 6.07) is 1.94. The quantitative estimate of drug-likeness (QED) is 0.467. The Morgan fingerprint density at radius 1 is 1.58 bits per heavy atom. The fourth-order valence-corrected chi connectivity index (χ4v) is 0.829. The van der Waals surface area contributed by atoms with Crippen molar-refractivity contribution >= 4 is 5.91 Å². The molecule has 0 aromatic heterocycles. The minimum Gasteiger partial charge on any atom is -0.385 e. The van der Waals surface area contributed by atoms with E-state index in [1.54, 1.807) is 13.0 Å². The number of primary amides is 1. The van der Waals surface area contributed by atoms with Gasteiger partial charge < -0.3 is 11.1 Å². The van der Waals surface area contributed by atoms with Crippen molar-refractivity contribution in [1.82, 2.24) is 5.32 Å². The number of nitrogens with two attached hydrogens (primary N) is 1. The average Bonchev–Trinajstić information content (AvgIpc) is 1.85. The molecule has 0 aliphatic rings. The Hall–Kier alpha value is -1.50. The van der Waals surface area contributed by atoms with Crippen molar-refractivity contribution in [3.05, 3.63) is 11.3 Å². The lowest BCUT2D eigenvalue weighted by atomic mass is 10.2. The van der Waals surface area contributed by atoms with Crippen molar-refractivity contribution in [2.75, 3.05) is 0 Å². The van der Waals surface area contributed by atoms with Gasteiger partial charge in [0, 0.05) is 11.7 Å². The summed E-state index contributed by atoms with van der Waals surface area (Å²) in [6.45, 7) is 5.49. The van der Waals surface area contributed by atoms with Crippen LogP contribution in [-0.2, 0) is 4.79 Å². The molecule has 0 aromatic rings. The third-order valence-electron chi connectivity index (χ3n) is 1.24. The van der Waals surface area contributed by atoms with Crippen molar-refractivity contribution in [3.8, 4) is 6.07 Å². The third kappa shape index (κ3) is 3.06. The van der Waals surface area contributed by atoms with Crippen LogP contribution in [0.5, 0.6) is 0 Å². The number of nitriles is 1. The summed E-state index contributed by atoms with van der Waals surface area (Å²) in [6.07, 6.45) is 0. The van der Waals surface area contributed by atoms with Gasteiger partial charge in [-0.2, -0.15) is 5.26 Å². The van der Waals surface area contributed by atoms with Crippen LogP contribution in [-0.4, -0.2) is 11.9 Å². The lowest BCUT2D eigenvalue weighted by Gasteiger charge is -2.10. The highest BCUT2D eigenvalue weighted by Gasteiger charge is 2.08. The van der Waals surface area contributed by atoms with Gasteiger partial charge in [-0.25, -0.2) is 0 Å². The maximum Gasteiger partial charge on any atom is 0.261 e. The minimum atomic E-state index is -0.692. The van der Waals surface area contributed by atoms with Crippen LogP contribution in [0.2, 0.25) is 0 Å². The zero-order valence-corrected chi connectivity index (χ0v) is 7.51. The number of nitrogens with one attached hydrogen (secondary N) is 1. The van der Waals surface area contributed by atoms with E-state index >= 15 is 0 Å². The first-order chi connectivity index (χ1) is 5.49. The van der Waals surface area contributed by atoms with Crippen LogP contribution in [0.4, 0.5) is 0 Å². The lowest BCUT2D eigenvalue weighted by molar-refractivity contribution is -0.114. The summed E-state index contributed by atoms with van der Waals surface area (Å²) in [5.41, 5.74) is 5.48. The van der Waals surface area contributed by atoms with E-state index < -0.39 is 5.91 Å². The van der Waals surface area contributed by atoms with Crippen LogP contribution in [0.15, 0.2) is 11.3 Å². The average molecular weight is 167 g/mol. The Bertz CT molecular complexity index is 248. The summed E-state index contributed by atoms with van der Waals surface area (Å²) in [5.74, 6) is -0.692. The van der Waals surface area contributed by atoms with E-state index in [1.165, 1.54) is 0 Å². The zero-order valence-electron chi connectivity index (χ0n) is 7.51.